The maximum absolute atomic E-state index is 12.9. The number of aliphatic carboxylic acids is 2. The van der Waals surface area contributed by atoms with Gasteiger partial charge in [-0.25, -0.2) is 4.79 Å². The van der Waals surface area contributed by atoms with Gasteiger partial charge in [0.2, 0.25) is 0 Å². The van der Waals surface area contributed by atoms with Crippen LogP contribution in [0.3, 0.4) is 0 Å². The third kappa shape index (κ3) is 4.57. The number of carboxylic acids is 2. The summed E-state index contributed by atoms with van der Waals surface area (Å²) in [7, 11) is 0. The summed E-state index contributed by atoms with van der Waals surface area (Å²) in [6.07, 6.45) is 2.94. The van der Waals surface area contributed by atoms with Crippen LogP contribution in [0.2, 0.25) is 0 Å². The van der Waals surface area contributed by atoms with Gasteiger partial charge in [0.25, 0.3) is 0 Å². The molecule has 6 aliphatic rings. The molecule has 254 valence electrons. The minimum Gasteiger partial charge on any atom is -0.481 e. The first-order valence-electron chi connectivity index (χ1n) is 17.3. The summed E-state index contributed by atoms with van der Waals surface area (Å²) >= 11 is 0. The van der Waals surface area contributed by atoms with Gasteiger partial charge >= 0.3 is 11.9 Å². The second-order valence-electron chi connectivity index (χ2n) is 17.9. The number of aliphatic hydroxyl groups is 3. The van der Waals surface area contributed by atoms with Gasteiger partial charge in [-0.15, -0.1) is 0 Å². The highest BCUT2D eigenvalue weighted by atomic mass is 16.7. The number of aliphatic hydroxyl groups excluding tert-OH is 3. The fraction of sp³-hybridized carbons (Fsp3) is 0.889. The predicted molar refractivity (Wildman–Crippen MR) is 166 cm³/mol. The molecule has 9 nitrogen and oxygen atoms in total. The monoisotopic (exact) mass is 632 g/mol. The molecule has 5 aliphatic carbocycles. The molecule has 5 N–H and O–H groups in total. The first kappa shape index (κ1) is 33.4. The van der Waals surface area contributed by atoms with E-state index in [4.69, 9.17) is 9.47 Å². The Bertz CT molecular complexity index is 1260. The van der Waals surface area contributed by atoms with Gasteiger partial charge < -0.3 is 35.0 Å². The van der Waals surface area contributed by atoms with E-state index in [0.29, 0.717) is 18.3 Å². The Balaban J connectivity index is 1.29. The lowest BCUT2D eigenvalue weighted by Gasteiger charge is -2.71. The molecule has 0 aromatic rings. The third-order valence-corrected chi connectivity index (χ3v) is 15.1. The topological polar surface area (TPSA) is 154 Å². The number of rotatable bonds is 4. The maximum Gasteiger partial charge on any atom is 0.335 e. The van der Waals surface area contributed by atoms with Crippen LogP contribution < -0.4 is 0 Å². The van der Waals surface area contributed by atoms with Crippen molar-refractivity contribution in [1.82, 2.24) is 0 Å². The van der Waals surface area contributed by atoms with Crippen LogP contribution in [0.5, 0.6) is 0 Å². The van der Waals surface area contributed by atoms with E-state index >= 15 is 0 Å². The van der Waals surface area contributed by atoms with Gasteiger partial charge in [-0.3, -0.25) is 4.79 Å². The molecule has 0 bridgehead atoms. The number of allylic oxidation sites excluding steroid dienone is 2. The molecule has 4 saturated carbocycles. The van der Waals surface area contributed by atoms with Gasteiger partial charge in [0.05, 0.1) is 11.5 Å². The SMILES string of the molecule is CC1(C)CC[C@@]2(C(=O)O)CC[C@]3(C)C(=CC[C@@H]4[C@@]5(C)CC[C@H](O[C@@H]6O[C@H](C(=O)O)[C@@H](O)[C@H](O)[C@H]6O)C(C)(C)[C@@H]5CC[C@]43C)[C@H]2C1. The molecule has 0 aromatic heterocycles. The molecule has 5 fully saturated rings. The first-order valence-corrected chi connectivity index (χ1v) is 17.3. The molecule has 0 radical (unpaired) electrons. The third-order valence-electron chi connectivity index (χ3n) is 15.1. The van der Waals surface area contributed by atoms with Gasteiger partial charge in [-0.05, 0) is 109 Å². The highest BCUT2D eigenvalue weighted by Gasteiger charge is 2.69. The van der Waals surface area contributed by atoms with Crippen molar-refractivity contribution in [2.45, 2.75) is 149 Å². The minimum absolute atomic E-state index is 0.0000841. The average Bonchev–Trinajstić information content (AvgIpc) is 2.94. The van der Waals surface area contributed by atoms with Crippen LogP contribution in [0.25, 0.3) is 0 Å². The molecule has 1 saturated heterocycles. The minimum atomic E-state index is -1.75. The predicted octanol–water partition coefficient (Wildman–Crippen LogP) is 5.15. The number of hydrogen-bond donors (Lipinski definition) is 5. The lowest BCUT2D eigenvalue weighted by Crippen LogP contribution is -2.66. The van der Waals surface area contributed by atoms with Gasteiger partial charge in [-0.1, -0.05) is 60.1 Å². The molecular weight excluding hydrogens is 576 g/mol. The van der Waals surface area contributed by atoms with Crippen molar-refractivity contribution >= 4 is 11.9 Å². The lowest BCUT2D eigenvalue weighted by molar-refractivity contribution is -0.324. The quantitative estimate of drug-likeness (QED) is 0.209. The van der Waals surface area contributed by atoms with Crippen molar-refractivity contribution in [3.05, 3.63) is 11.6 Å². The van der Waals surface area contributed by atoms with Crippen LogP contribution in [-0.4, -0.2) is 74.3 Å². The van der Waals surface area contributed by atoms with Gasteiger partial charge in [-0.2, -0.15) is 0 Å². The molecule has 0 amide bonds. The van der Waals surface area contributed by atoms with Crippen molar-refractivity contribution in [3.8, 4) is 0 Å². The van der Waals surface area contributed by atoms with Gasteiger partial charge in [0.15, 0.2) is 12.4 Å². The second-order valence-corrected chi connectivity index (χ2v) is 17.9. The Labute approximate surface area is 267 Å². The Morgan fingerprint density at radius 2 is 1.49 bits per heavy atom. The van der Waals surface area contributed by atoms with Gasteiger partial charge in [0, 0.05) is 0 Å². The summed E-state index contributed by atoms with van der Waals surface area (Å²) in [6.45, 7) is 16.4. The average molecular weight is 633 g/mol. The zero-order valence-electron chi connectivity index (χ0n) is 28.2. The molecule has 13 atom stereocenters. The van der Waals surface area contributed by atoms with Crippen molar-refractivity contribution in [2.24, 2.45) is 50.2 Å². The van der Waals surface area contributed by atoms with Crippen LogP contribution in [0, 0.1) is 50.2 Å². The number of fused-ring (bicyclic) bond motifs is 7. The lowest BCUT2D eigenvalue weighted by atomic mass is 9.33. The molecule has 0 unspecified atom stereocenters. The largest absolute Gasteiger partial charge is 0.481 e. The Hall–Kier alpha value is -1.52. The van der Waals surface area contributed by atoms with E-state index < -0.39 is 48.1 Å². The fourth-order valence-electron chi connectivity index (χ4n) is 12.2. The summed E-state index contributed by atoms with van der Waals surface area (Å²) in [6, 6.07) is 0. The number of carbonyl (C=O) groups is 2. The highest BCUT2D eigenvalue weighted by Crippen LogP contribution is 2.76. The first-order chi connectivity index (χ1) is 20.7. The van der Waals surface area contributed by atoms with E-state index in [-0.39, 0.29) is 39.1 Å². The summed E-state index contributed by atoms with van der Waals surface area (Å²) in [5, 5.41) is 51.4. The normalized spacial score (nSPS) is 51.9. The molecule has 1 heterocycles. The van der Waals surface area contributed by atoms with E-state index in [1.54, 1.807) is 0 Å². The standard InChI is InChI=1S/C36H56O9/c1-31(2)14-16-36(30(42)43)17-15-34(6)19(20(36)18-31)8-9-22-33(5)12-11-23(32(3,4)21(33)10-13-35(22,34)7)44-29-26(39)24(37)25(38)27(45-29)28(40)41/h8,20-27,29,37-39H,9-18H2,1-7H3,(H,40,41)(H,42,43)/t20-,21+,22-,23+,24+,25+,26-,27+,29-,33+,34-,35-,36-/m1/s1. The van der Waals surface area contributed by atoms with Crippen molar-refractivity contribution < 1.29 is 44.6 Å². The van der Waals surface area contributed by atoms with Crippen LogP contribution in [0.4, 0.5) is 0 Å². The smallest absolute Gasteiger partial charge is 0.335 e. The number of ether oxygens (including phenoxy) is 2. The van der Waals surface area contributed by atoms with Crippen LogP contribution in [-0.2, 0) is 19.1 Å². The van der Waals surface area contributed by atoms with Crippen LogP contribution >= 0.6 is 0 Å². The fourth-order valence-corrected chi connectivity index (χ4v) is 12.2. The van der Waals surface area contributed by atoms with E-state index in [1.807, 2.05) is 0 Å². The molecule has 0 aromatic carbocycles. The Morgan fingerprint density at radius 3 is 2.13 bits per heavy atom. The molecule has 0 spiro atoms. The molecular formula is C36H56O9. The number of carboxylic acid groups (broad SMARTS) is 2. The zero-order valence-corrected chi connectivity index (χ0v) is 28.2. The van der Waals surface area contributed by atoms with Crippen LogP contribution in [0.1, 0.15) is 113 Å². The van der Waals surface area contributed by atoms with E-state index in [9.17, 15) is 35.1 Å². The zero-order chi connectivity index (χ0) is 33.1. The molecule has 45 heavy (non-hydrogen) atoms. The summed E-state index contributed by atoms with van der Waals surface area (Å²) in [5.41, 5.74) is 0.508. The second kappa shape index (κ2) is 10.5. The van der Waals surface area contributed by atoms with Gasteiger partial charge in [0.1, 0.15) is 18.3 Å². The number of hydrogen-bond acceptors (Lipinski definition) is 7. The maximum atomic E-state index is 12.9. The van der Waals surface area contributed by atoms with E-state index in [0.717, 1.165) is 57.8 Å². The summed E-state index contributed by atoms with van der Waals surface area (Å²) < 4.78 is 11.9. The molecule has 1 aliphatic heterocycles. The summed E-state index contributed by atoms with van der Waals surface area (Å²) in [4.78, 5) is 24.6. The van der Waals surface area contributed by atoms with Crippen LogP contribution in [0.15, 0.2) is 11.6 Å². The van der Waals surface area contributed by atoms with E-state index in [2.05, 4.69) is 54.5 Å². The highest BCUT2D eigenvalue weighted by molar-refractivity contribution is 5.76. The van der Waals surface area contributed by atoms with Crippen molar-refractivity contribution in [3.63, 3.8) is 0 Å². The molecule has 9 heteroatoms. The van der Waals surface area contributed by atoms with Crippen molar-refractivity contribution in [2.75, 3.05) is 0 Å². The Morgan fingerprint density at radius 1 is 0.822 bits per heavy atom. The van der Waals surface area contributed by atoms with E-state index in [1.165, 1.54) is 5.57 Å². The molecule has 6 rings (SSSR count). The Kier molecular flexibility index (Phi) is 7.78. The van der Waals surface area contributed by atoms with Crippen molar-refractivity contribution in [1.29, 1.82) is 0 Å². The summed E-state index contributed by atoms with van der Waals surface area (Å²) in [5.74, 6) is -1.24.